The van der Waals surface area contributed by atoms with Gasteiger partial charge in [0.25, 0.3) is 0 Å². The molecule has 7 heteroatoms. The molecule has 1 aliphatic rings. The number of amidine groups is 1. The molecule has 1 heterocycles. The highest BCUT2D eigenvalue weighted by Crippen LogP contribution is 2.24. The number of amides is 1. The fourth-order valence-electron chi connectivity index (χ4n) is 2.47. The zero-order chi connectivity index (χ0) is 18.5. The van der Waals surface area contributed by atoms with Gasteiger partial charge in [-0.25, -0.2) is 0 Å². The quantitative estimate of drug-likeness (QED) is 0.625. The number of hydrogen-bond donors (Lipinski definition) is 1. The molecule has 0 bridgehead atoms. The molecule has 1 atom stereocenters. The number of methoxy groups -OCH3 is 1. The Hall–Kier alpha value is -2.31. The summed E-state index contributed by atoms with van der Waals surface area (Å²) in [4.78, 5) is 12.2. The van der Waals surface area contributed by atoms with Crippen LogP contribution in [0.25, 0.3) is 0 Å². The van der Waals surface area contributed by atoms with Gasteiger partial charge in [-0.05, 0) is 60.9 Å². The molecule has 5 nitrogen and oxygen atoms in total. The average Bonchev–Trinajstić information content (AvgIpc) is 2.99. The number of nitrogens with one attached hydrogen (secondary N) is 1. The van der Waals surface area contributed by atoms with Crippen molar-refractivity contribution in [1.82, 2.24) is 5.32 Å². The van der Waals surface area contributed by atoms with E-state index in [0.29, 0.717) is 16.6 Å². The van der Waals surface area contributed by atoms with Crippen molar-refractivity contribution in [2.24, 2.45) is 10.2 Å². The molecule has 0 unspecified atom stereocenters. The number of nitrogens with zero attached hydrogens (tertiary/aromatic N) is 2. The minimum atomic E-state index is -0.233. The van der Waals surface area contributed by atoms with Crippen molar-refractivity contribution in [2.75, 3.05) is 7.11 Å². The normalized spacial score (nSPS) is 18.9. The molecule has 1 amide bonds. The zero-order valence-corrected chi connectivity index (χ0v) is 16.0. The van der Waals surface area contributed by atoms with Gasteiger partial charge < -0.3 is 10.1 Å². The van der Waals surface area contributed by atoms with Gasteiger partial charge in [-0.1, -0.05) is 35.5 Å². The Balaban J connectivity index is 1.67. The van der Waals surface area contributed by atoms with Crippen molar-refractivity contribution in [1.29, 1.82) is 0 Å². The smallest absolute Gasteiger partial charge is 0.239 e. The molecule has 0 spiro atoms. The summed E-state index contributed by atoms with van der Waals surface area (Å²) in [6.45, 7) is 1.87. The minimum Gasteiger partial charge on any atom is -0.497 e. The van der Waals surface area contributed by atoms with Crippen LogP contribution >= 0.6 is 23.4 Å². The Labute approximate surface area is 161 Å². The van der Waals surface area contributed by atoms with Gasteiger partial charge in [-0.2, -0.15) is 5.10 Å². The van der Waals surface area contributed by atoms with E-state index in [1.54, 1.807) is 7.11 Å². The van der Waals surface area contributed by atoms with E-state index in [1.807, 2.05) is 55.5 Å². The lowest BCUT2D eigenvalue weighted by Gasteiger charge is -2.05. The van der Waals surface area contributed by atoms with Gasteiger partial charge in [-0.15, -0.1) is 5.10 Å². The predicted molar refractivity (Wildman–Crippen MR) is 107 cm³/mol. The Morgan fingerprint density at radius 2 is 2.04 bits per heavy atom. The van der Waals surface area contributed by atoms with E-state index in [0.717, 1.165) is 22.6 Å². The summed E-state index contributed by atoms with van der Waals surface area (Å²) < 4.78 is 5.14. The van der Waals surface area contributed by atoms with E-state index in [1.165, 1.54) is 11.8 Å². The van der Waals surface area contributed by atoms with Gasteiger partial charge in [0.15, 0.2) is 5.17 Å². The van der Waals surface area contributed by atoms with Crippen LogP contribution in [0.15, 0.2) is 58.7 Å². The van der Waals surface area contributed by atoms with E-state index in [-0.39, 0.29) is 11.2 Å². The first kappa shape index (κ1) is 18.5. The molecule has 3 rings (SSSR count). The summed E-state index contributed by atoms with van der Waals surface area (Å²) in [6, 6.07) is 15.1. The number of benzene rings is 2. The number of carbonyl (C=O) groups is 1. The Kier molecular flexibility index (Phi) is 5.96. The summed E-state index contributed by atoms with van der Waals surface area (Å²) in [5.41, 5.74) is 2.72. The zero-order valence-electron chi connectivity index (χ0n) is 14.4. The number of carbonyl (C=O) groups excluding carboxylic acids is 1. The molecule has 0 aromatic heterocycles. The highest BCUT2D eigenvalue weighted by atomic mass is 35.5. The van der Waals surface area contributed by atoms with E-state index in [2.05, 4.69) is 15.5 Å². The molecule has 2 aromatic carbocycles. The molecule has 2 aromatic rings. The second-order valence-corrected chi connectivity index (χ2v) is 7.38. The molecule has 1 aliphatic heterocycles. The minimum absolute atomic E-state index is 0.0639. The van der Waals surface area contributed by atoms with E-state index < -0.39 is 0 Å². The van der Waals surface area contributed by atoms with Crippen LogP contribution in [0.3, 0.4) is 0 Å². The van der Waals surface area contributed by atoms with Gasteiger partial charge in [0.05, 0.1) is 18.1 Å². The molecule has 0 radical (unpaired) electrons. The van der Waals surface area contributed by atoms with E-state index in [4.69, 9.17) is 16.3 Å². The van der Waals surface area contributed by atoms with Crippen LogP contribution < -0.4 is 10.1 Å². The van der Waals surface area contributed by atoms with Gasteiger partial charge in [0.2, 0.25) is 5.91 Å². The second kappa shape index (κ2) is 8.38. The predicted octanol–water partition coefficient (Wildman–Crippen LogP) is 3.90. The maximum absolute atomic E-state index is 12.2. The number of halogens is 1. The maximum Gasteiger partial charge on any atom is 0.239 e. The first-order chi connectivity index (χ1) is 12.5. The maximum atomic E-state index is 12.2. The van der Waals surface area contributed by atoms with Crippen LogP contribution in [0, 0.1) is 0 Å². The fourth-order valence-corrected chi connectivity index (χ4v) is 3.65. The summed E-state index contributed by atoms with van der Waals surface area (Å²) >= 11 is 7.38. The lowest BCUT2D eigenvalue weighted by molar-refractivity contribution is -0.118. The number of ether oxygens (including phenoxy) is 1. The molecule has 0 aliphatic carbocycles. The monoisotopic (exact) mass is 387 g/mol. The molecule has 26 heavy (non-hydrogen) atoms. The van der Waals surface area contributed by atoms with Crippen molar-refractivity contribution < 1.29 is 9.53 Å². The topological polar surface area (TPSA) is 63.1 Å². The van der Waals surface area contributed by atoms with E-state index >= 15 is 0 Å². The van der Waals surface area contributed by atoms with Gasteiger partial charge in [0.1, 0.15) is 5.75 Å². The van der Waals surface area contributed by atoms with Crippen LogP contribution in [0.2, 0.25) is 5.02 Å². The van der Waals surface area contributed by atoms with Crippen LogP contribution in [0.4, 0.5) is 0 Å². The first-order valence-electron chi connectivity index (χ1n) is 8.04. The average molecular weight is 388 g/mol. The summed E-state index contributed by atoms with van der Waals surface area (Å²) in [6.07, 6.45) is 0.595. The number of thioether (sulfide) groups is 1. The van der Waals surface area contributed by atoms with Crippen LogP contribution in [-0.2, 0) is 11.2 Å². The molecular formula is C19H18ClN3O2S. The lowest BCUT2D eigenvalue weighted by Crippen LogP contribution is -2.25. The van der Waals surface area contributed by atoms with Crippen molar-refractivity contribution in [3.05, 3.63) is 64.7 Å². The van der Waals surface area contributed by atoms with Gasteiger partial charge in [0, 0.05) is 5.02 Å². The van der Waals surface area contributed by atoms with Crippen molar-refractivity contribution in [3.63, 3.8) is 0 Å². The van der Waals surface area contributed by atoms with Crippen molar-refractivity contribution in [2.45, 2.75) is 18.6 Å². The summed E-state index contributed by atoms with van der Waals surface area (Å²) in [7, 11) is 1.63. The highest BCUT2D eigenvalue weighted by molar-refractivity contribution is 8.15. The summed E-state index contributed by atoms with van der Waals surface area (Å²) in [5.74, 6) is 0.723. The lowest BCUT2D eigenvalue weighted by atomic mass is 10.1. The Morgan fingerprint density at radius 3 is 2.73 bits per heavy atom. The van der Waals surface area contributed by atoms with Crippen molar-refractivity contribution >= 4 is 40.1 Å². The van der Waals surface area contributed by atoms with Crippen LogP contribution in [-0.4, -0.2) is 29.1 Å². The molecule has 1 saturated heterocycles. The standard InChI is InChI=1S/C19H18ClN3O2S/c1-12(14-6-8-16(25-2)9-7-14)22-23-19-21-18(24)17(26-19)11-13-4-3-5-15(20)10-13/h3-10,17H,11H2,1-2H3,(H,21,23,24)/b22-12-/t17-/m0/s1. The highest BCUT2D eigenvalue weighted by Gasteiger charge is 2.30. The Morgan fingerprint density at radius 1 is 1.27 bits per heavy atom. The third-order valence-corrected chi connectivity index (χ3v) is 5.19. The number of rotatable bonds is 5. The SMILES string of the molecule is COc1ccc(/C(C)=N\N=C2\NC(=O)[C@H](Cc3cccc(Cl)c3)S2)cc1. The molecule has 0 saturated carbocycles. The molecule has 1 fully saturated rings. The van der Waals surface area contributed by atoms with Gasteiger partial charge >= 0.3 is 0 Å². The van der Waals surface area contributed by atoms with Crippen LogP contribution in [0.1, 0.15) is 18.1 Å². The largest absolute Gasteiger partial charge is 0.497 e. The molecule has 1 N–H and O–H groups in total. The third kappa shape index (κ3) is 4.65. The van der Waals surface area contributed by atoms with Gasteiger partial charge in [-0.3, -0.25) is 4.79 Å². The van der Waals surface area contributed by atoms with Crippen LogP contribution in [0.5, 0.6) is 5.75 Å². The fraction of sp³-hybridized carbons (Fsp3) is 0.211. The van der Waals surface area contributed by atoms with E-state index in [9.17, 15) is 4.79 Å². The molecular weight excluding hydrogens is 370 g/mol. The second-order valence-electron chi connectivity index (χ2n) is 5.75. The number of hydrogen-bond acceptors (Lipinski definition) is 5. The summed E-state index contributed by atoms with van der Waals surface area (Å²) in [5, 5.41) is 12.1. The van der Waals surface area contributed by atoms with Crippen molar-refractivity contribution in [3.8, 4) is 5.75 Å². The first-order valence-corrected chi connectivity index (χ1v) is 9.29. The third-order valence-electron chi connectivity index (χ3n) is 3.89. The Bertz CT molecular complexity index is 865. The molecule has 134 valence electrons.